The molecule has 52 heavy (non-hydrogen) atoms. The molecule has 0 unspecified atom stereocenters. The van der Waals surface area contributed by atoms with E-state index in [0.29, 0.717) is 26.1 Å². The third kappa shape index (κ3) is 35.9. The topological polar surface area (TPSA) is 76.1 Å². The van der Waals surface area contributed by atoms with Crippen molar-refractivity contribution in [1.29, 1.82) is 0 Å². The highest BCUT2D eigenvalue weighted by atomic mass is 16.5. The van der Waals surface area contributed by atoms with Crippen LogP contribution in [0.1, 0.15) is 233 Å². The first-order valence-corrected chi connectivity index (χ1v) is 23.1. The standard InChI is InChI=1S/C46H91NO5/c1-5-9-19-29-43(30-20-10-6-2)33-27-41-51-45(49)35-23-15-13-17-25-37-47(39-40-48)38-26-18-14-16-24-36-46(50)52-42-28-34-44(31-21-11-7-3)32-22-12-8-4/h43-44,48H,5-42H2,1-4H3. The number of nitrogens with zero attached hydrogens (tertiary/aromatic N) is 1. The fourth-order valence-electron chi connectivity index (χ4n) is 7.61. The summed E-state index contributed by atoms with van der Waals surface area (Å²) in [7, 11) is 0. The first kappa shape index (κ1) is 50.9. The number of carbonyl (C=O) groups excluding carboxylic acids is 2. The van der Waals surface area contributed by atoms with Crippen LogP contribution in [0.25, 0.3) is 0 Å². The smallest absolute Gasteiger partial charge is 0.305 e. The first-order valence-electron chi connectivity index (χ1n) is 23.1. The molecule has 0 heterocycles. The molecule has 0 atom stereocenters. The Morgan fingerprint density at radius 3 is 1.10 bits per heavy atom. The molecule has 0 radical (unpaired) electrons. The van der Waals surface area contributed by atoms with Gasteiger partial charge in [0.1, 0.15) is 0 Å². The van der Waals surface area contributed by atoms with Crippen molar-refractivity contribution in [3.8, 4) is 0 Å². The summed E-state index contributed by atoms with van der Waals surface area (Å²) < 4.78 is 11.1. The number of hydrogen-bond donors (Lipinski definition) is 1. The molecule has 0 aliphatic carbocycles. The van der Waals surface area contributed by atoms with Crippen molar-refractivity contribution < 1.29 is 24.2 Å². The molecular formula is C46H91NO5. The Labute approximate surface area is 324 Å². The normalized spacial score (nSPS) is 11.7. The van der Waals surface area contributed by atoms with E-state index in [2.05, 4.69) is 32.6 Å². The number of aliphatic hydroxyl groups excluding tert-OH is 1. The van der Waals surface area contributed by atoms with Crippen molar-refractivity contribution in [2.45, 2.75) is 233 Å². The minimum atomic E-state index is -0.0209. The Morgan fingerprint density at radius 2 is 0.750 bits per heavy atom. The molecular weight excluding hydrogens is 647 g/mol. The van der Waals surface area contributed by atoms with Gasteiger partial charge in [-0.1, -0.05) is 169 Å². The van der Waals surface area contributed by atoms with Crippen LogP contribution in [0.2, 0.25) is 0 Å². The molecule has 0 aromatic heterocycles. The van der Waals surface area contributed by atoms with E-state index < -0.39 is 0 Å². The number of unbranched alkanes of at least 4 members (excludes halogenated alkanes) is 16. The van der Waals surface area contributed by atoms with Crippen LogP contribution in [-0.4, -0.2) is 61.4 Å². The van der Waals surface area contributed by atoms with Gasteiger partial charge < -0.3 is 19.5 Å². The van der Waals surface area contributed by atoms with Crippen molar-refractivity contribution in [3.63, 3.8) is 0 Å². The Kier molecular flexibility index (Phi) is 40.1. The number of ether oxygens (including phenoxy) is 2. The van der Waals surface area contributed by atoms with Gasteiger partial charge in [-0.05, 0) is 76.3 Å². The lowest BCUT2D eigenvalue weighted by Gasteiger charge is -2.21. The van der Waals surface area contributed by atoms with Crippen LogP contribution < -0.4 is 0 Å². The van der Waals surface area contributed by atoms with Gasteiger partial charge in [-0.15, -0.1) is 0 Å². The molecule has 0 saturated carbocycles. The highest BCUT2D eigenvalue weighted by molar-refractivity contribution is 5.69. The molecule has 6 nitrogen and oxygen atoms in total. The van der Waals surface area contributed by atoms with Gasteiger partial charge in [0.15, 0.2) is 0 Å². The van der Waals surface area contributed by atoms with E-state index in [0.717, 1.165) is 95.7 Å². The molecule has 1 N–H and O–H groups in total. The van der Waals surface area contributed by atoms with Gasteiger partial charge in [-0.2, -0.15) is 0 Å². The van der Waals surface area contributed by atoms with Crippen molar-refractivity contribution in [2.24, 2.45) is 11.8 Å². The first-order chi connectivity index (χ1) is 25.5. The number of aliphatic hydroxyl groups is 1. The van der Waals surface area contributed by atoms with Gasteiger partial charge in [0.25, 0.3) is 0 Å². The van der Waals surface area contributed by atoms with Crippen LogP contribution in [0.5, 0.6) is 0 Å². The van der Waals surface area contributed by atoms with Gasteiger partial charge in [-0.3, -0.25) is 9.59 Å². The fourth-order valence-corrected chi connectivity index (χ4v) is 7.61. The molecule has 0 aromatic carbocycles. The van der Waals surface area contributed by atoms with Crippen LogP contribution in [0, 0.1) is 11.8 Å². The van der Waals surface area contributed by atoms with Crippen molar-refractivity contribution >= 4 is 11.9 Å². The number of rotatable bonds is 42. The van der Waals surface area contributed by atoms with E-state index in [1.165, 1.54) is 128 Å². The zero-order chi connectivity index (χ0) is 38.2. The van der Waals surface area contributed by atoms with Gasteiger partial charge in [-0.25, -0.2) is 0 Å². The molecule has 310 valence electrons. The average Bonchev–Trinajstić information content (AvgIpc) is 3.14. The van der Waals surface area contributed by atoms with Gasteiger partial charge in [0.05, 0.1) is 19.8 Å². The predicted octanol–water partition coefficient (Wildman–Crippen LogP) is 13.2. The van der Waals surface area contributed by atoms with E-state index >= 15 is 0 Å². The van der Waals surface area contributed by atoms with Crippen LogP contribution in [0.15, 0.2) is 0 Å². The fraction of sp³-hybridized carbons (Fsp3) is 0.957. The summed E-state index contributed by atoms with van der Waals surface area (Å²) in [5, 5.41) is 9.54. The molecule has 0 aliphatic heterocycles. The van der Waals surface area contributed by atoms with Crippen LogP contribution >= 0.6 is 0 Å². The van der Waals surface area contributed by atoms with Gasteiger partial charge in [0.2, 0.25) is 0 Å². The SMILES string of the molecule is CCCCCC(CCCCC)CCCOC(=O)CCCCCCCN(CCO)CCCCCCCC(=O)OCCCC(CCCCC)CCCCC. The predicted molar refractivity (Wildman–Crippen MR) is 223 cm³/mol. The second kappa shape index (κ2) is 41.0. The van der Waals surface area contributed by atoms with Gasteiger partial charge >= 0.3 is 11.9 Å². The average molecular weight is 738 g/mol. The van der Waals surface area contributed by atoms with Crippen molar-refractivity contribution in [2.75, 3.05) is 39.5 Å². The largest absolute Gasteiger partial charge is 0.466 e. The molecule has 0 amide bonds. The van der Waals surface area contributed by atoms with E-state index in [4.69, 9.17) is 9.47 Å². The molecule has 0 fully saturated rings. The monoisotopic (exact) mass is 738 g/mol. The number of hydrogen-bond acceptors (Lipinski definition) is 6. The Morgan fingerprint density at radius 1 is 0.423 bits per heavy atom. The second-order valence-electron chi connectivity index (χ2n) is 16.0. The lowest BCUT2D eigenvalue weighted by molar-refractivity contribution is -0.144. The summed E-state index contributed by atoms with van der Waals surface area (Å²) in [5.41, 5.74) is 0. The Balaban J connectivity index is 3.85. The van der Waals surface area contributed by atoms with Crippen LogP contribution in [0.4, 0.5) is 0 Å². The van der Waals surface area contributed by atoms with E-state index in [9.17, 15) is 14.7 Å². The molecule has 0 bridgehead atoms. The summed E-state index contributed by atoms with van der Waals surface area (Å²) in [6, 6.07) is 0. The Hall–Kier alpha value is -1.14. The maximum absolute atomic E-state index is 12.2. The van der Waals surface area contributed by atoms with E-state index in [1.807, 2.05) is 0 Å². The lowest BCUT2D eigenvalue weighted by Crippen LogP contribution is -2.29. The lowest BCUT2D eigenvalue weighted by atomic mass is 9.91. The summed E-state index contributed by atoms with van der Waals surface area (Å²) in [6.07, 6.45) is 37.6. The van der Waals surface area contributed by atoms with E-state index in [-0.39, 0.29) is 18.5 Å². The third-order valence-electron chi connectivity index (χ3n) is 11.0. The Bertz CT molecular complexity index is 668. The van der Waals surface area contributed by atoms with E-state index in [1.54, 1.807) is 0 Å². The molecule has 0 saturated heterocycles. The second-order valence-corrected chi connectivity index (χ2v) is 16.0. The molecule has 6 heteroatoms. The van der Waals surface area contributed by atoms with Crippen LogP contribution in [-0.2, 0) is 19.1 Å². The quantitative estimate of drug-likeness (QED) is 0.0496. The zero-order valence-corrected chi connectivity index (χ0v) is 35.6. The molecule has 0 rings (SSSR count). The molecule has 0 aliphatic rings. The number of carbonyl (C=O) groups is 2. The highest BCUT2D eigenvalue weighted by Gasteiger charge is 2.12. The summed E-state index contributed by atoms with van der Waals surface area (Å²) >= 11 is 0. The third-order valence-corrected chi connectivity index (χ3v) is 11.0. The molecule has 0 spiro atoms. The maximum atomic E-state index is 12.2. The van der Waals surface area contributed by atoms with Crippen molar-refractivity contribution in [1.82, 2.24) is 4.90 Å². The minimum Gasteiger partial charge on any atom is -0.466 e. The van der Waals surface area contributed by atoms with Crippen LogP contribution in [0.3, 0.4) is 0 Å². The minimum absolute atomic E-state index is 0.0209. The zero-order valence-electron chi connectivity index (χ0n) is 35.6. The number of esters is 2. The summed E-state index contributed by atoms with van der Waals surface area (Å²) in [5.74, 6) is 1.56. The summed E-state index contributed by atoms with van der Waals surface area (Å²) in [4.78, 5) is 26.9. The highest BCUT2D eigenvalue weighted by Crippen LogP contribution is 2.24. The molecule has 0 aromatic rings. The maximum Gasteiger partial charge on any atom is 0.305 e. The summed E-state index contributed by atoms with van der Waals surface area (Å²) in [6.45, 7) is 13.3. The van der Waals surface area contributed by atoms with Gasteiger partial charge in [0, 0.05) is 19.4 Å². The van der Waals surface area contributed by atoms with Crippen molar-refractivity contribution in [3.05, 3.63) is 0 Å².